The number of para-hydroxylation sites is 1. The number of likely N-dealkylation sites (N-methyl/N-ethyl adjacent to an activating group) is 1. The highest BCUT2D eigenvalue weighted by Crippen LogP contribution is 2.09. The number of nitrogens with zero attached hydrogens (tertiary/aromatic N) is 3. The quantitative estimate of drug-likeness (QED) is 0.736. The lowest BCUT2D eigenvalue weighted by atomic mass is 10.1. The first-order valence-corrected chi connectivity index (χ1v) is 8.21. The summed E-state index contributed by atoms with van der Waals surface area (Å²) in [4.78, 5) is 31.3. The van der Waals surface area contributed by atoms with Crippen molar-refractivity contribution >= 4 is 16.8 Å². The van der Waals surface area contributed by atoms with E-state index in [2.05, 4.69) is 4.98 Å². The van der Waals surface area contributed by atoms with Gasteiger partial charge in [-0.15, -0.1) is 0 Å². The Labute approximate surface area is 146 Å². The van der Waals surface area contributed by atoms with Crippen LogP contribution in [0.2, 0.25) is 0 Å². The van der Waals surface area contributed by atoms with Crippen molar-refractivity contribution in [3.63, 3.8) is 0 Å². The molecule has 0 N–H and O–H groups in total. The molecular weight excluding hydrogens is 314 g/mol. The minimum Gasteiger partial charge on any atom is -0.340 e. The molecule has 0 fully saturated rings. The molecule has 0 aliphatic carbocycles. The minimum atomic E-state index is -0.180. The summed E-state index contributed by atoms with van der Waals surface area (Å²) in [5, 5.41) is 0.530. The molecule has 0 bridgehead atoms. The van der Waals surface area contributed by atoms with Crippen molar-refractivity contribution in [1.29, 1.82) is 0 Å². The fourth-order valence-electron chi connectivity index (χ4n) is 2.78. The second-order valence-corrected chi connectivity index (χ2v) is 6.30. The number of amides is 1. The van der Waals surface area contributed by atoms with Gasteiger partial charge in [0.25, 0.3) is 5.56 Å². The Morgan fingerprint density at radius 1 is 1.08 bits per heavy atom. The topological polar surface area (TPSA) is 55.2 Å². The summed E-state index contributed by atoms with van der Waals surface area (Å²) in [7, 11) is 1.75. The lowest BCUT2D eigenvalue weighted by Crippen LogP contribution is -2.35. The predicted molar refractivity (Wildman–Crippen MR) is 98.4 cm³/mol. The van der Waals surface area contributed by atoms with Crippen LogP contribution in [0.15, 0.2) is 53.3 Å². The van der Waals surface area contributed by atoms with Crippen molar-refractivity contribution in [1.82, 2.24) is 14.5 Å². The van der Waals surface area contributed by atoms with Crippen LogP contribution >= 0.6 is 0 Å². The number of aromatic nitrogens is 2. The van der Waals surface area contributed by atoms with Crippen molar-refractivity contribution in [2.75, 3.05) is 7.05 Å². The van der Waals surface area contributed by atoms with Crippen molar-refractivity contribution in [3.05, 3.63) is 75.8 Å². The SMILES string of the molecule is Cc1ccc(CN(C)C(=O)Cn2c(C)nc3ccccc3c2=O)cc1. The summed E-state index contributed by atoms with van der Waals surface area (Å²) in [5.41, 5.74) is 2.71. The highest BCUT2D eigenvalue weighted by atomic mass is 16.2. The molecular formula is C20H21N3O2. The van der Waals surface area contributed by atoms with E-state index < -0.39 is 0 Å². The van der Waals surface area contributed by atoms with E-state index in [1.165, 1.54) is 10.1 Å². The van der Waals surface area contributed by atoms with Crippen LogP contribution in [0, 0.1) is 13.8 Å². The Morgan fingerprint density at radius 2 is 1.76 bits per heavy atom. The Hall–Kier alpha value is -2.95. The van der Waals surface area contributed by atoms with Gasteiger partial charge < -0.3 is 4.90 Å². The maximum absolute atomic E-state index is 12.7. The number of benzene rings is 2. The highest BCUT2D eigenvalue weighted by molar-refractivity contribution is 5.79. The third-order valence-corrected chi connectivity index (χ3v) is 4.31. The van der Waals surface area contributed by atoms with E-state index in [-0.39, 0.29) is 18.0 Å². The molecule has 0 aliphatic rings. The number of carbonyl (C=O) groups excluding carboxylic acids is 1. The zero-order valence-corrected chi connectivity index (χ0v) is 14.7. The van der Waals surface area contributed by atoms with Gasteiger partial charge >= 0.3 is 0 Å². The summed E-state index contributed by atoms with van der Waals surface area (Å²) in [6, 6.07) is 15.3. The average Bonchev–Trinajstić information content (AvgIpc) is 2.60. The summed E-state index contributed by atoms with van der Waals surface area (Å²) in [6.45, 7) is 4.28. The van der Waals surface area contributed by atoms with E-state index in [1.807, 2.05) is 37.3 Å². The molecule has 1 aromatic heterocycles. The standard InChI is InChI=1S/C20H21N3O2/c1-14-8-10-16(11-9-14)12-22(3)19(24)13-23-15(2)21-18-7-5-4-6-17(18)20(23)25/h4-11H,12-13H2,1-3H3. The van der Waals surface area contributed by atoms with Crippen LogP contribution in [-0.2, 0) is 17.9 Å². The molecule has 0 atom stereocenters. The maximum Gasteiger partial charge on any atom is 0.261 e. The third-order valence-electron chi connectivity index (χ3n) is 4.31. The summed E-state index contributed by atoms with van der Waals surface area (Å²) in [6.07, 6.45) is 0. The van der Waals surface area contributed by atoms with E-state index in [4.69, 9.17) is 0 Å². The number of hydrogen-bond donors (Lipinski definition) is 0. The number of rotatable bonds is 4. The molecule has 0 radical (unpaired) electrons. The fourth-order valence-corrected chi connectivity index (χ4v) is 2.78. The molecule has 5 nitrogen and oxygen atoms in total. The highest BCUT2D eigenvalue weighted by Gasteiger charge is 2.14. The average molecular weight is 335 g/mol. The van der Waals surface area contributed by atoms with Crippen LogP contribution in [-0.4, -0.2) is 27.4 Å². The Bertz CT molecular complexity index is 974. The molecule has 0 spiro atoms. The second kappa shape index (κ2) is 6.89. The van der Waals surface area contributed by atoms with Crippen LogP contribution < -0.4 is 5.56 Å². The normalized spacial score (nSPS) is 10.8. The Kier molecular flexibility index (Phi) is 4.65. The van der Waals surface area contributed by atoms with E-state index in [0.717, 1.165) is 5.56 Å². The monoisotopic (exact) mass is 335 g/mol. The van der Waals surface area contributed by atoms with Gasteiger partial charge in [-0.3, -0.25) is 14.2 Å². The van der Waals surface area contributed by atoms with Gasteiger partial charge in [-0.1, -0.05) is 42.0 Å². The predicted octanol–water partition coefficient (Wildman–Crippen LogP) is 2.67. The van der Waals surface area contributed by atoms with Crippen LogP contribution in [0.4, 0.5) is 0 Å². The number of hydrogen-bond acceptors (Lipinski definition) is 3. The van der Waals surface area contributed by atoms with Crippen molar-refractivity contribution < 1.29 is 4.79 Å². The van der Waals surface area contributed by atoms with Gasteiger partial charge in [-0.25, -0.2) is 4.98 Å². The van der Waals surface area contributed by atoms with Gasteiger partial charge in [-0.2, -0.15) is 0 Å². The second-order valence-electron chi connectivity index (χ2n) is 6.30. The van der Waals surface area contributed by atoms with E-state index in [1.54, 1.807) is 37.1 Å². The van der Waals surface area contributed by atoms with Gasteiger partial charge in [0.2, 0.25) is 5.91 Å². The Balaban J connectivity index is 1.81. The molecule has 5 heteroatoms. The minimum absolute atomic E-state index is 0.00907. The molecule has 0 saturated carbocycles. The molecule has 1 heterocycles. The van der Waals surface area contributed by atoms with Crippen LogP contribution in [0.1, 0.15) is 17.0 Å². The first-order valence-electron chi connectivity index (χ1n) is 8.21. The van der Waals surface area contributed by atoms with Crippen molar-refractivity contribution in [2.45, 2.75) is 26.9 Å². The zero-order valence-electron chi connectivity index (χ0n) is 14.7. The van der Waals surface area contributed by atoms with E-state index >= 15 is 0 Å². The maximum atomic E-state index is 12.7. The third kappa shape index (κ3) is 3.60. The first kappa shape index (κ1) is 16.9. The fraction of sp³-hybridized carbons (Fsp3) is 0.250. The summed E-state index contributed by atoms with van der Waals surface area (Å²) in [5.74, 6) is 0.420. The van der Waals surface area contributed by atoms with Crippen LogP contribution in [0.3, 0.4) is 0 Å². The molecule has 3 rings (SSSR count). The molecule has 3 aromatic rings. The molecule has 128 valence electrons. The molecule has 2 aromatic carbocycles. The van der Waals surface area contributed by atoms with Crippen molar-refractivity contribution in [2.24, 2.45) is 0 Å². The lowest BCUT2D eigenvalue weighted by molar-refractivity contribution is -0.131. The first-order chi connectivity index (χ1) is 12.0. The number of carbonyl (C=O) groups is 1. The summed E-state index contributed by atoms with van der Waals surface area (Å²) >= 11 is 0. The van der Waals surface area contributed by atoms with E-state index in [0.29, 0.717) is 23.3 Å². The summed E-state index contributed by atoms with van der Waals surface area (Å²) < 4.78 is 1.44. The number of aryl methyl sites for hydroxylation is 2. The molecule has 1 amide bonds. The molecule has 0 saturated heterocycles. The van der Waals surface area contributed by atoms with Crippen LogP contribution in [0.25, 0.3) is 10.9 Å². The molecule has 0 aliphatic heterocycles. The van der Waals surface area contributed by atoms with Gasteiger partial charge in [-0.05, 0) is 31.5 Å². The number of fused-ring (bicyclic) bond motifs is 1. The van der Waals surface area contributed by atoms with Crippen LogP contribution in [0.5, 0.6) is 0 Å². The smallest absolute Gasteiger partial charge is 0.261 e. The van der Waals surface area contributed by atoms with Crippen molar-refractivity contribution in [3.8, 4) is 0 Å². The van der Waals surface area contributed by atoms with E-state index in [9.17, 15) is 9.59 Å². The van der Waals surface area contributed by atoms with Gasteiger partial charge in [0.15, 0.2) is 0 Å². The zero-order chi connectivity index (χ0) is 18.0. The van der Waals surface area contributed by atoms with Gasteiger partial charge in [0.05, 0.1) is 10.9 Å². The Morgan fingerprint density at radius 3 is 2.48 bits per heavy atom. The lowest BCUT2D eigenvalue weighted by Gasteiger charge is -2.19. The van der Waals surface area contributed by atoms with Gasteiger partial charge in [0.1, 0.15) is 12.4 Å². The molecule has 25 heavy (non-hydrogen) atoms. The van der Waals surface area contributed by atoms with Gasteiger partial charge in [0, 0.05) is 13.6 Å². The largest absolute Gasteiger partial charge is 0.340 e. The molecule has 0 unspecified atom stereocenters.